The Hall–Kier alpha value is -3.74. The van der Waals surface area contributed by atoms with Crippen molar-refractivity contribution in [2.75, 3.05) is 22.9 Å². The topological polar surface area (TPSA) is 40.6 Å². The van der Waals surface area contributed by atoms with Gasteiger partial charge in [0.15, 0.2) is 0 Å². The van der Waals surface area contributed by atoms with Crippen LogP contribution in [0.1, 0.15) is 254 Å². The lowest BCUT2D eigenvalue weighted by Crippen LogP contribution is -2.32. The number of thiophene rings is 2. The van der Waals surface area contributed by atoms with Gasteiger partial charge >= 0.3 is 0 Å². The first-order valence-corrected chi connectivity index (χ1v) is 31.6. The molecule has 2 aliphatic rings. The summed E-state index contributed by atoms with van der Waals surface area (Å²) in [6.07, 6.45) is 45.4. The molecule has 72 heavy (non-hydrogen) atoms. The third-order valence-corrected chi connectivity index (χ3v) is 17.7. The summed E-state index contributed by atoms with van der Waals surface area (Å²) in [5.74, 6) is 1.11. The maximum Gasteiger partial charge on any atom is 0.259 e. The van der Waals surface area contributed by atoms with E-state index in [0.29, 0.717) is 11.8 Å². The molecular formula is C66H96N2O2S2. The van der Waals surface area contributed by atoms with Gasteiger partial charge in [0.1, 0.15) is 0 Å². The van der Waals surface area contributed by atoms with Crippen molar-refractivity contribution in [2.45, 2.75) is 233 Å². The molecule has 0 bridgehead atoms. The molecule has 0 saturated carbocycles. The third kappa shape index (κ3) is 18.3. The number of hydrogen-bond donors (Lipinski definition) is 0. The standard InChI is InChI=1S/C66H96N2O2S2/c1-5-9-13-17-21-23-27-32-39-53(37-30-25-19-15-11-7-3)51-67-62-50-59-61(48-57-44-45-64(72-57)55-41-34-29-35-42-55)66(70)68(63(59)49-58(62)60(65(67)69)47-56-43-36-46-71-56)52-54(38-31-26-20-16-12-8-4)40-33-28-24-22-18-14-10-6-2/h29,34-36,41-50,53-54H,5-28,30-33,37-40,51-52H2,1-4H3/b60-47-,61-48-. The second-order valence-electron chi connectivity index (χ2n) is 21.8. The molecule has 2 aromatic carbocycles. The molecule has 4 heterocycles. The van der Waals surface area contributed by atoms with Gasteiger partial charge in [-0.2, -0.15) is 0 Å². The van der Waals surface area contributed by atoms with Gasteiger partial charge in [-0.1, -0.05) is 244 Å². The van der Waals surface area contributed by atoms with Crippen LogP contribution in [0.2, 0.25) is 0 Å². The van der Waals surface area contributed by atoms with Crippen molar-refractivity contribution in [3.8, 4) is 10.4 Å². The first-order chi connectivity index (χ1) is 35.4. The Balaban J connectivity index is 1.34. The number of carbonyl (C=O) groups is 2. The lowest BCUT2D eigenvalue weighted by Gasteiger charge is -2.26. The molecule has 0 aliphatic carbocycles. The van der Waals surface area contributed by atoms with Crippen molar-refractivity contribution in [2.24, 2.45) is 11.8 Å². The van der Waals surface area contributed by atoms with Crippen LogP contribution in [0.4, 0.5) is 11.4 Å². The number of benzene rings is 2. The number of hydrogen-bond acceptors (Lipinski definition) is 4. The Morgan fingerprint density at radius 1 is 0.431 bits per heavy atom. The van der Waals surface area contributed by atoms with Crippen LogP contribution in [-0.4, -0.2) is 24.9 Å². The molecule has 0 N–H and O–H groups in total. The molecule has 0 spiro atoms. The van der Waals surface area contributed by atoms with Crippen LogP contribution in [0, 0.1) is 11.8 Å². The molecule has 0 radical (unpaired) electrons. The van der Waals surface area contributed by atoms with E-state index in [1.54, 1.807) is 22.7 Å². The fourth-order valence-corrected chi connectivity index (χ4v) is 13.0. The summed E-state index contributed by atoms with van der Waals surface area (Å²) in [6, 6.07) is 23.7. The molecule has 6 heteroatoms. The predicted molar refractivity (Wildman–Crippen MR) is 318 cm³/mol. The SMILES string of the molecule is CCCCCCCCCCC(CCCCCCCC)CN1C(=O)/C(=C\c2cccs2)c2cc3c(cc21)/C(=C/c1ccc(-c2ccccc2)s1)C(=O)N3CC(CCCCCCCC)CCCCCCCCCC. The second kappa shape index (κ2) is 33.2. The van der Waals surface area contributed by atoms with Gasteiger partial charge in [0.25, 0.3) is 11.8 Å². The minimum atomic E-state index is 0.115. The van der Waals surface area contributed by atoms with Crippen LogP contribution in [0.15, 0.2) is 72.1 Å². The number of rotatable bonds is 39. The lowest BCUT2D eigenvalue weighted by molar-refractivity contribution is -0.113. The van der Waals surface area contributed by atoms with Crippen LogP contribution < -0.4 is 9.80 Å². The highest BCUT2D eigenvalue weighted by atomic mass is 32.1. The number of unbranched alkanes of at least 4 members (excludes halogenated alkanes) is 24. The summed E-state index contributed by atoms with van der Waals surface area (Å²) in [6.45, 7) is 10.6. The molecule has 2 aromatic heterocycles. The van der Waals surface area contributed by atoms with E-state index in [1.807, 2.05) is 0 Å². The van der Waals surface area contributed by atoms with Crippen LogP contribution >= 0.6 is 22.7 Å². The Morgan fingerprint density at radius 2 is 0.819 bits per heavy atom. The highest BCUT2D eigenvalue weighted by Crippen LogP contribution is 2.49. The molecule has 2 aliphatic heterocycles. The Morgan fingerprint density at radius 3 is 1.21 bits per heavy atom. The zero-order chi connectivity index (χ0) is 50.6. The van der Waals surface area contributed by atoms with E-state index in [0.717, 1.165) is 82.2 Å². The summed E-state index contributed by atoms with van der Waals surface area (Å²) < 4.78 is 0. The van der Waals surface area contributed by atoms with Gasteiger partial charge in [0.2, 0.25) is 0 Å². The van der Waals surface area contributed by atoms with Gasteiger partial charge in [-0.15, -0.1) is 22.7 Å². The number of nitrogens with zero attached hydrogens (tertiary/aromatic N) is 2. The third-order valence-electron chi connectivity index (χ3n) is 15.8. The smallest absolute Gasteiger partial charge is 0.259 e. The summed E-state index contributed by atoms with van der Waals surface area (Å²) >= 11 is 3.44. The summed E-state index contributed by atoms with van der Waals surface area (Å²) in [5.41, 5.74) is 6.71. The van der Waals surface area contributed by atoms with Crippen LogP contribution in [0.3, 0.4) is 0 Å². The molecule has 0 fully saturated rings. The Labute approximate surface area is 447 Å². The summed E-state index contributed by atoms with van der Waals surface area (Å²) in [4.78, 5) is 38.2. The molecule has 4 aromatic rings. The first-order valence-electron chi connectivity index (χ1n) is 29.9. The van der Waals surface area contributed by atoms with Crippen LogP contribution in [0.25, 0.3) is 33.7 Å². The monoisotopic (exact) mass is 1010 g/mol. The first kappa shape index (κ1) is 57.5. The Kier molecular flexibility index (Phi) is 26.6. The van der Waals surface area contributed by atoms with E-state index in [4.69, 9.17) is 0 Å². The highest BCUT2D eigenvalue weighted by molar-refractivity contribution is 7.16. The zero-order valence-corrected chi connectivity index (χ0v) is 47.4. The molecule has 2 amide bonds. The van der Waals surface area contributed by atoms with Gasteiger partial charge in [-0.25, -0.2) is 0 Å². The summed E-state index contributed by atoms with van der Waals surface area (Å²) in [7, 11) is 0. The fraction of sp³-hybridized carbons (Fsp3) is 0.606. The quantitative estimate of drug-likeness (QED) is 0.0330. The molecule has 2 unspecified atom stereocenters. The van der Waals surface area contributed by atoms with Crippen molar-refractivity contribution in [3.05, 3.63) is 93.0 Å². The van der Waals surface area contributed by atoms with Gasteiger partial charge in [0, 0.05) is 38.8 Å². The van der Waals surface area contributed by atoms with Crippen molar-refractivity contribution < 1.29 is 9.59 Å². The zero-order valence-electron chi connectivity index (χ0n) is 45.8. The van der Waals surface area contributed by atoms with E-state index >= 15 is 9.59 Å². The van der Waals surface area contributed by atoms with E-state index < -0.39 is 0 Å². The van der Waals surface area contributed by atoms with Gasteiger partial charge < -0.3 is 9.80 Å². The van der Waals surface area contributed by atoms with Crippen molar-refractivity contribution >= 4 is 69.2 Å². The van der Waals surface area contributed by atoms with Gasteiger partial charge in [-0.05, 0) is 90.9 Å². The van der Waals surface area contributed by atoms with E-state index in [2.05, 4.69) is 122 Å². The van der Waals surface area contributed by atoms with Crippen molar-refractivity contribution in [1.29, 1.82) is 0 Å². The maximum atomic E-state index is 15.3. The second-order valence-corrected chi connectivity index (χ2v) is 23.9. The number of anilines is 2. The molecular weight excluding hydrogens is 917 g/mol. The average molecular weight is 1010 g/mol. The predicted octanol–water partition coefficient (Wildman–Crippen LogP) is 21.0. The lowest BCUT2D eigenvalue weighted by atomic mass is 9.93. The van der Waals surface area contributed by atoms with Crippen LogP contribution in [-0.2, 0) is 9.59 Å². The molecule has 0 saturated heterocycles. The molecule has 394 valence electrons. The minimum absolute atomic E-state index is 0.115. The number of fused-ring (bicyclic) bond motifs is 2. The maximum absolute atomic E-state index is 15.3. The fourth-order valence-electron chi connectivity index (χ4n) is 11.4. The number of carbonyl (C=O) groups excluding carboxylic acids is 2. The highest BCUT2D eigenvalue weighted by Gasteiger charge is 2.40. The van der Waals surface area contributed by atoms with E-state index in [-0.39, 0.29) is 11.8 Å². The van der Waals surface area contributed by atoms with Crippen molar-refractivity contribution in [3.63, 3.8) is 0 Å². The van der Waals surface area contributed by atoms with Gasteiger partial charge in [-0.3, -0.25) is 9.59 Å². The largest absolute Gasteiger partial charge is 0.307 e. The molecule has 4 nitrogen and oxygen atoms in total. The Bertz CT molecular complexity index is 2200. The molecule has 2 atom stereocenters. The average Bonchev–Trinajstić information content (AvgIpc) is 4.20. The van der Waals surface area contributed by atoms with Crippen LogP contribution in [0.5, 0.6) is 0 Å². The van der Waals surface area contributed by atoms with Crippen molar-refractivity contribution in [1.82, 2.24) is 0 Å². The number of amides is 2. The van der Waals surface area contributed by atoms with E-state index in [9.17, 15) is 0 Å². The molecule has 6 rings (SSSR count). The minimum Gasteiger partial charge on any atom is -0.307 e. The van der Waals surface area contributed by atoms with Gasteiger partial charge in [0.05, 0.1) is 22.5 Å². The normalized spacial score (nSPS) is 15.4. The summed E-state index contributed by atoms with van der Waals surface area (Å²) in [5, 5.41) is 2.11. The van der Waals surface area contributed by atoms with E-state index in [1.165, 1.54) is 190 Å².